The van der Waals surface area contributed by atoms with E-state index in [1.165, 1.54) is 18.2 Å². The van der Waals surface area contributed by atoms with E-state index >= 15 is 0 Å². The number of primary amides is 1. The van der Waals surface area contributed by atoms with Crippen LogP contribution in [0.1, 0.15) is 45.7 Å². The summed E-state index contributed by atoms with van der Waals surface area (Å²) in [7, 11) is 3.62. The van der Waals surface area contributed by atoms with E-state index in [1.807, 2.05) is 20.2 Å². The topological polar surface area (TPSA) is 101 Å². The van der Waals surface area contributed by atoms with Crippen molar-refractivity contribution in [2.24, 2.45) is 10.7 Å². The lowest BCUT2D eigenvalue weighted by atomic mass is 10.0. The second-order valence-corrected chi connectivity index (χ2v) is 8.66. The number of carbonyl (C=O) groups is 2. The number of aliphatic imine (C=N–C) groups is 1. The van der Waals surface area contributed by atoms with Gasteiger partial charge in [-0.1, -0.05) is 30.4 Å². The van der Waals surface area contributed by atoms with Crippen LogP contribution in [-0.2, 0) is 6.18 Å². The summed E-state index contributed by atoms with van der Waals surface area (Å²) in [5.74, 6) is -0.543. The van der Waals surface area contributed by atoms with Gasteiger partial charge in [0.1, 0.15) is 5.69 Å². The van der Waals surface area contributed by atoms with Gasteiger partial charge in [-0.3, -0.25) is 9.59 Å². The lowest BCUT2D eigenvalue weighted by molar-refractivity contribution is -0.140. The third kappa shape index (κ3) is 7.63. The first-order valence-electron chi connectivity index (χ1n) is 11.6. The van der Waals surface area contributed by atoms with Gasteiger partial charge in [0.15, 0.2) is 6.29 Å². The van der Waals surface area contributed by atoms with Crippen molar-refractivity contribution in [3.63, 3.8) is 0 Å². The van der Waals surface area contributed by atoms with E-state index in [0.717, 1.165) is 30.7 Å². The lowest BCUT2D eigenvalue weighted by Crippen LogP contribution is -2.21. The molecule has 1 aromatic heterocycles. The molecule has 194 valence electrons. The normalized spacial score (nSPS) is 15.2. The highest BCUT2D eigenvalue weighted by Crippen LogP contribution is 2.33. The number of amides is 1. The molecule has 3 N–H and O–H groups in total. The minimum Gasteiger partial charge on any atom is -0.381 e. The molecule has 1 heterocycles. The lowest BCUT2D eigenvalue weighted by Gasteiger charge is -2.22. The average molecular weight is 512 g/mol. The molecule has 0 aliphatic heterocycles. The van der Waals surface area contributed by atoms with Crippen molar-refractivity contribution >= 4 is 40.8 Å². The molecule has 0 saturated heterocycles. The number of nitrogens with one attached hydrogen (secondary N) is 1. The molecule has 1 aliphatic rings. The number of rotatable bonds is 6. The standard InChI is InChI=1S/C16H15F3N2.C11H13N3O2/c17-16(18,19)15-10-14(20-11-6-2-1-3-7-11)12-8-4-5-9-13(12)21-15;1-14(2)7-13-10-5-8(11(12)16)3-4-9(10)6-15/h1-2,4-5,8-11H,3,6-7H2,(H,20,21);3-7H,1-2H3,(H2,12,16)/t11-;/m1./s1. The fourth-order valence-electron chi connectivity index (χ4n) is 3.67. The molecule has 1 atom stereocenters. The molecular weight excluding hydrogens is 483 g/mol. The molecular formula is C27H28F3N5O2. The number of carbonyl (C=O) groups excluding carboxylic acids is 2. The number of para-hydroxylation sites is 1. The molecule has 4 rings (SSSR count). The van der Waals surface area contributed by atoms with E-state index in [2.05, 4.69) is 27.4 Å². The highest BCUT2D eigenvalue weighted by Gasteiger charge is 2.33. The molecule has 37 heavy (non-hydrogen) atoms. The van der Waals surface area contributed by atoms with Gasteiger partial charge in [0, 0.05) is 42.3 Å². The summed E-state index contributed by atoms with van der Waals surface area (Å²) in [6.07, 6.45) is 4.67. The monoisotopic (exact) mass is 511 g/mol. The summed E-state index contributed by atoms with van der Waals surface area (Å²) < 4.78 is 38.9. The number of halogens is 3. The van der Waals surface area contributed by atoms with E-state index in [4.69, 9.17) is 5.73 Å². The number of aromatic nitrogens is 1. The van der Waals surface area contributed by atoms with Crippen LogP contribution in [0.25, 0.3) is 10.9 Å². The maximum atomic E-state index is 13.0. The van der Waals surface area contributed by atoms with E-state index in [0.29, 0.717) is 34.3 Å². The number of pyridine rings is 1. The summed E-state index contributed by atoms with van der Waals surface area (Å²) in [6.45, 7) is 0. The first-order valence-corrected chi connectivity index (χ1v) is 11.6. The fourth-order valence-corrected chi connectivity index (χ4v) is 3.67. The van der Waals surface area contributed by atoms with Crippen LogP contribution in [0, 0.1) is 0 Å². The zero-order valence-corrected chi connectivity index (χ0v) is 20.5. The van der Waals surface area contributed by atoms with E-state index in [-0.39, 0.29) is 6.04 Å². The Morgan fingerprint density at radius 1 is 1.16 bits per heavy atom. The van der Waals surface area contributed by atoms with Crippen LogP contribution in [0.2, 0.25) is 0 Å². The number of aldehydes is 1. The van der Waals surface area contributed by atoms with Crippen molar-refractivity contribution in [3.8, 4) is 0 Å². The Kier molecular flexibility index (Phi) is 9.00. The molecule has 0 spiro atoms. The predicted molar refractivity (Wildman–Crippen MR) is 139 cm³/mol. The van der Waals surface area contributed by atoms with Crippen molar-refractivity contribution in [2.75, 3.05) is 19.4 Å². The largest absolute Gasteiger partial charge is 0.433 e. The zero-order valence-electron chi connectivity index (χ0n) is 20.5. The molecule has 2 aromatic carbocycles. The van der Waals surface area contributed by atoms with Gasteiger partial charge in [-0.2, -0.15) is 13.2 Å². The Hall–Kier alpha value is -4.21. The Morgan fingerprint density at radius 2 is 1.92 bits per heavy atom. The fraction of sp³-hybridized carbons (Fsp3) is 0.259. The van der Waals surface area contributed by atoms with Gasteiger partial charge >= 0.3 is 6.18 Å². The molecule has 0 saturated carbocycles. The van der Waals surface area contributed by atoms with Gasteiger partial charge in [0.2, 0.25) is 5.91 Å². The first-order chi connectivity index (χ1) is 17.6. The minimum absolute atomic E-state index is 0.168. The summed E-state index contributed by atoms with van der Waals surface area (Å²) in [6, 6.07) is 12.7. The van der Waals surface area contributed by atoms with Crippen molar-refractivity contribution in [3.05, 3.63) is 77.5 Å². The number of anilines is 1. The number of benzene rings is 2. The molecule has 1 aliphatic carbocycles. The Balaban J connectivity index is 0.000000214. The number of nitrogens with zero attached hydrogens (tertiary/aromatic N) is 3. The zero-order chi connectivity index (χ0) is 27.0. The SMILES string of the molecule is CN(C)C=Nc1cc(C(N)=O)ccc1C=O.FC(F)(F)c1cc(N[C@@H]2CC=CCC2)c2ccccc2n1. The highest BCUT2D eigenvalue weighted by atomic mass is 19.4. The van der Waals surface area contributed by atoms with Gasteiger partial charge in [-0.25, -0.2) is 9.98 Å². The Bertz CT molecular complexity index is 1320. The first kappa shape index (κ1) is 27.4. The molecule has 0 radical (unpaired) electrons. The van der Waals surface area contributed by atoms with E-state index in [9.17, 15) is 22.8 Å². The van der Waals surface area contributed by atoms with Crippen LogP contribution in [0.15, 0.2) is 65.7 Å². The minimum atomic E-state index is -4.44. The third-order valence-corrected chi connectivity index (χ3v) is 5.50. The number of fused-ring (bicyclic) bond motifs is 1. The molecule has 3 aromatic rings. The second kappa shape index (κ2) is 12.2. The summed E-state index contributed by atoms with van der Waals surface area (Å²) in [5, 5.41) is 3.97. The van der Waals surface area contributed by atoms with Gasteiger partial charge < -0.3 is 16.0 Å². The smallest absolute Gasteiger partial charge is 0.381 e. The van der Waals surface area contributed by atoms with Crippen LogP contribution >= 0.6 is 0 Å². The maximum absolute atomic E-state index is 13.0. The third-order valence-electron chi connectivity index (χ3n) is 5.50. The Morgan fingerprint density at radius 3 is 2.54 bits per heavy atom. The quantitative estimate of drug-likeness (QED) is 0.194. The van der Waals surface area contributed by atoms with E-state index in [1.54, 1.807) is 29.4 Å². The van der Waals surface area contributed by atoms with Crippen LogP contribution in [0.5, 0.6) is 0 Å². The number of hydrogen-bond donors (Lipinski definition) is 2. The maximum Gasteiger partial charge on any atom is 0.433 e. The van der Waals surface area contributed by atoms with Gasteiger partial charge in [0.05, 0.1) is 17.5 Å². The average Bonchev–Trinajstić information content (AvgIpc) is 2.87. The van der Waals surface area contributed by atoms with E-state index < -0.39 is 17.8 Å². The van der Waals surface area contributed by atoms with Crippen LogP contribution in [0.4, 0.5) is 24.5 Å². The molecule has 1 amide bonds. The summed E-state index contributed by atoms with van der Waals surface area (Å²) >= 11 is 0. The Labute approximate surface area is 212 Å². The second-order valence-electron chi connectivity index (χ2n) is 8.66. The summed E-state index contributed by atoms with van der Waals surface area (Å²) in [5.41, 5.74) is 6.34. The van der Waals surface area contributed by atoms with Crippen LogP contribution < -0.4 is 11.1 Å². The molecule has 0 bridgehead atoms. The molecule has 0 fully saturated rings. The van der Waals surface area contributed by atoms with Gasteiger partial charge in [0.25, 0.3) is 0 Å². The molecule has 10 heteroatoms. The van der Waals surface area contributed by atoms with Crippen molar-refractivity contribution in [1.29, 1.82) is 0 Å². The van der Waals surface area contributed by atoms with Crippen LogP contribution in [0.3, 0.4) is 0 Å². The van der Waals surface area contributed by atoms with Crippen molar-refractivity contribution in [2.45, 2.75) is 31.5 Å². The predicted octanol–water partition coefficient (Wildman–Crippen LogP) is 5.59. The van der Waals surface area contributed by atoms with Gasteiger partial charge in [-0.05, 0) is 49.6 Å². The van der Waals surface area contributed by atoms with Crippen molar-refractivity contribution < 1.29 is 22.8 Å². The molecule has 7 nitrogen and oxygen atoms in total. The number of alkyl halides is 3. The number of nitrogens with two attached hydrogens (primary N) is 1. The van der Waals surface area contributed by atoms with Gasteiger partial charge in [-0.15, -0.1) is 0 Å². The number of hydrogen-bond acceptors (Lipinski definition) is 5. The summed E-state index contributed by atoms with van der Waals surface area (Å²) in [4.78, 5) is 31.2. The number of allylic oxidation sites excluding steroid dienone is 1. The molecule has 0 unspecified atom stereocenters. The highest BCUT2D eigenvalue weighted by molar-refractivity contribution is 5.96. The van der Waals surface area contributed by atoms with Crippen LogP contribution in [-0.4, -0.2) is 48.6 Å². The van der Waals surface area contributed by atoms with Crippen molar-refractivity contribution in [1.82, 2.24) is 9.88 Å².